The minimum absolute atomic E-state index is 0.0209. The number of rotatable bonds is 27. The molecule has 44 nitrogen and oxygen atoms in total. The van der Waals surface area contributed by atoms with Crippen molar-refractivity contribution in [2.24, 2.45) is 28.9 Å². The number of likely N-dealkylation sites (N-methyl/N-ethyl adjacent to an activating group) is 3. The lowest BCUT2D eigenvalue weighted by molar-refractivity contribution is -0.149. The molecule has 760 valence electrons. The summed E-state index contributed by atoms with van der Waals surface area (Å²) in [6.07, 6.45) is -0.696. The molecule has 45 heteroatoms. The number of para-hydroxylation sites is 2. The number of carbonyl (C=O) groups is 17. The van der Waals surface area contributed by atoms with Crippen LogP contribution in [0.2, 0.25) is 0 Å². The summed E-state index contributed by atoms with van der Waals surface area (Å²) in [5.74, 6) is -17.9. The summed E-state index contributed by atoms with van der Waals surface area (Å²) in [6.45, 7) is 5.30. The van der Waals surface area contributed by atoms with Crippen LogP contribution in [0.15, 0.2) is 103 Å². The Morgan fingerprint density at radius 3 is 1.82 bits per heavy atom. The molecule has 0 bridgehead atoms. The summed E-state index contributed by atoms with van der Waals surface area (Å²) in [5.41, 5.74) is 26.6. The summed E-state index contributed by atoms with van der Waals surface area (Å²) in [7, 11) is 5.38. The van der Waals surface area contributed by atoms with Crippen molar-refractivity contribution in [3.05, 3.63) is 120 Å². The number of aliphatic hydroxyl groups excluding tert-OH is 2. The Morgan fingerprint density at radius 2 is 1.16 bits per heavy atom. The van der Waals surface area contributed by atoms with Crippen molar-refractivity contribution in [2.45, 2.75) is 228 Å². The molecule has 25 N–H and O–H groups in total. The molecule has 0 saturated carbocycles. The molecular weight excluding hydrogens is 1830 g/mol. The number of aromatic hydroxyl groups is 1. The molecule has 0 aliphatic carbocycles. The number of thioether (sulfide) groups is 1. The number of phenols is 1. The van der Waals surface area contributed by atoms with Crippen LogP contribution >= 0.6 is 11.8 Å². The maximum Gasteiger partial charge on any atom is 0.246 e. The number of fused-ring (bicyclic) bond motifs is 4. The fourth-order valence-electron chi connectivity index (χ4n) is 17.3. The Hall–Kier alpha value is -14.0. The monoisotopic (exact) mass is 1960 g/mol. The van der Waals surface area contributed by atoms with Gasteiger partial charge in [0.15, 0.2) is 5.96 Å². The van der Waals surface area contributed by atoms with Crippen molar-refractivity contribution in [3.8, 4) is 22.8 Å². The summed E-state index contributed by atoms with van der Waals surface area (Å²) in [6, 6.07) is 4.36. The van der Waals surface area contributed by atoms with Gasteiger partial charge in [0.25, 0.3) is 0 Å². The van der Waals surface area contributed by atoms with Crippen LogP contribution in [0.1, 0.15) is 135 Å². The number of guanidine groups is 1. The van der Waals surface area contributed by atoms with E-state index >= 15 is 38.4 Å². The molecule has 3 aliphatic heterocycles. The second-order valence-electron chi connectivity index (χ2n) is 35.8. The number of hydrogen-bond donors (Lipinski definition) is 21. The largest absolute Gasteiger partial charge is 0.508 e. The Morgan fingerprint density at radius 1 is 0.579 bits per heavy atom. The molecule has 5 heterocycles. The third-order valence-corrected chi connectivity index (χ3v) is 26.1. The van der Waals surface area contributed by atoms with E-state index < -0.39 is 248 Å². The van der Waals surface area contributed by atoms with Crippen molar-refractivity contribution in [1.82, 2.24) is 93.0 Å². The van der Waals surface area contributed by atoms with E-state index in [9.17, 15) is 58.5 Å². The van der Waals surface area contributed by atoms with E-state index in [-0.39, 0.29) is 89.0 Å². The number of amides is 17. The zero-order chi connectivity index (χ0) is 102. The van der Waals surface area contributed by atoms with Crippen LogP contribution in [-0.2, 0) is 101 Å². The number of nitrogens with one attached hydrogen (secondary N) is 14. The maximum absolute atomic E-state index is 16.2. The highest BCUT2D eigenvalue weighted by Crippen LogP contribution is 2.35. The van der Waals surface area contributed by atoms with Gasteiger partial charge in [0.05, 0.1) is 38.5 Å². The van der Waals surface area contributed by atoms with Crippen LogP contribution in [0.5, 0.6) is 11.5 Å². The molecule has 2 aromatic heterocycles. The van der Waals surface area contributed by atoms with Gasteiger partial charge in [-0.1, -0.05) is 114 Å². The SMILES string of the molecule is CCCCC1C(=O)N(C)C(CCCC)C(=O)NC(CCCNC(=N)N)C(=O)NC(C(=O)NCC(N)=O)CSCC(=O)NC(Cc2ccc(O)cc2)C(=O)N(C)C(C)C(=O)NC(CC(N)=O)C(=O)N2CCCC2C(=O)NC(CN)C(=O)NC(CC(C)C)C(=O)N2C[C@H](O)CC2C(=O)NC(Cc2c[nH]c3ccccc23)C(=O)NC(CO)C(=O)NC(Cc2c(-c3cccc(OC)c3)[nH]c3ccccc23)C(=O)N1C. The highest BCUT2D eigenvalue weighted by atomic mass is 32.2. The number of H-pyrrole nitrogens is 2. The van der Waals surface area contributed by atoms with Gasteiger partial charge in [-0.25, -0.2) is 0 Å². The first-order valence-corrected chi connectivity index (χ1v) is 48.0. The van der Waals surface area contributed by atoms with Crippen LogP contribution in [0.3, 0.4) is 0 Å². The summed E-state index contributed by atoms with van der Waals surface area (Å²) < 4.78 is 5.65. The van der Waals surface area contributed by atoms with Gasteiger partial charge in [0.2, 0.25) is 100 Å². The number of methoxy groups -OCH3 is 1. The molecule has 15 atom stereocenters. The lowest BCUT2D eigenvalue weighted by atomic mass is 9.96. The average molecular weight is 1970 g/mol. The molecule has 17 amide bonds. The van der Waals surface area contributed by atoms with Crippen LogP contribution < -0.4 is 86.2 Å². The Kier molecular flexibility index (Phi) is 40.9. The number of carbonyl (C=O) groups excluding carboxylic acids is 17. The molecule has 14 unspecified atom stereocenters. The van der Waals surface area contributed by atoms with Gasteiger partial charge in [-0.05, 0) is 111 Å². The predicted molar refractivity (Wildman–Crippen MR) is 519 cm³/mol. The van der Waals surface area contributed by atoms with E-state index in [1.165, 1.54) is 59.4 Å². The number of aromatic amines is 2. The van der Waals surface area contributed by atoms with E-state index in [1.54, 1.807) is 92.8 Å². The molecule has 3 aliphatic rings. The average Bonchev–Trinajstić information content (AvgIpc) is 1.62. The Balaban J connectivity index is 1.13. The Labute approximate surface area is 814 Å². The highest BCUT2D eigenvalue weighted by molar-refractivity contribution is 8.00. The number of hydrogen-bond acceptors (Lipinski definition) is 24. The van der Waals surface area contributed by atoms with E-state index in [0.29, 0.717) is 81.2 Å². The lowest BCUT2D eigenvalue weighted by Crippen LogP contribution is -2.62. The number of unbranched alkanes of at least 4 members (excludes halogenated alkanes) is 2. The zero-order valence-electron chi connectivity index (χ0n) is 80.2. The standard InChI is InChI=1S/C95H133N23O21S/c1-10-12-28-73-87(131)106-64(27-19-35-101-95(99)100)83(127)113-72(82(126)103-46-78(98)123)49-140-50-79(124)104-67(38-53-31-33-56(120)34-32-53)90(134)114(6)52(5)81(125)108-69(43-77(97)122)92(136)117-36-20-30-74(117)88(132)111-70(44-96)85(129)109-66(37-51(3)4)93(137)118-47-57(121)41-76(118)89(133)107-65(40-55-45-102-62-25-16-14-23-59(55)62)84(128)112-71(48-119)86(130)110-68(91(135)116(8)75(29-13-11-2)94(138)115(73)7)42-61-60-24-15-17-26-63(60)105-80(61)54-21-18-22-58(39-54)139-9/h14-18,21-26,31-34,39,45,51-52,57,64-76,102,105,119-121H,10-13,19-20,27-30,35-38,40-44,46-50,96H2,1-9H3,(H2,97,122)(H2,98,123)(H,103,126)(H,104,124)(H,106,131)(H,107,133)(H,108,125)(H,109,129)(H,110,130)(H,111,132)(H,112,128)(H,113,127)(H4,99,100,101)/t52?,57-,64?,65?,66?,67?,68?,69?,70?,71?,72?,73?,74?,75?,76?/m1/s1. The van der Waals surface area contributed by atoms with Crippen molar-refractivity contribution in [3.63, 3.8) is 0 Å². The highest BCUT2D eigenvalue weighted by Gasteiger charge is 2.47. The number of aromatic nitrogens is 2. The third-order valence-electron chi connectivity index (χ3n) is 25.1. The molecule has 3 fully saturated rings. The van der Waals surface area contributed by atoms with Crippen LogP contribution in [0, 0.1) is 11.3 Å². The van der Waals surface area contributed by atoms with Crippen molar-refractivity contribution in [2.75, 3.05) is 79.1 Å². The zero-order valence-corrected chi connectivity index (χ0v) is 81.0. The summed E-state index contributed by atoms with van der Waals surface area (Å²) in [5, 5.41) is 71.1. The van der Waals surface area contributed by atoms with Gasteiger partial charge in [0.1, 0.15) is 96.1 Å². The van der Waals surface area contributed by atoms with Gasteiger partial charge in [-0.15, -0.1) is 11.8 Å². The van der Waals surface area contributed by atoms with Crippen LogP contribution in [0.4, 0.5) is 0 Å². The van der Waals surface area contributed by atoms with Crippen molar-refractivity contribution < 1.29 is 102 Å². The predicted octanol–water partition coefficient (Wildman–Crippen LogP) is -2.26. The number of primary amides is 2. The summed E-state index contributed by atoms with van der Waals surface area (Å²) >= 11 is 0.755. The third kappa shape index (κ3) is 29.8. The van der Waals surface area contributed by atoms with Crippen molar-refractivity contribution >= 4 is 140 Å². The van der Waals surface area contributed by atoms with Gasteiger partial charge in [-0.3, -0.25) is 86.9 Å². The number of aliphatic hydroxyl groups is 2. The number of benzene rings is 4. The van der Waals surface area contributed by atoms with Crippen molar-refractivity contribution in [1.29, 1.82) is 5.41 Å². The minimum Gasteiger partial charge on any atom is -0.508 e. The van der Waals surface area contributed by atoms with Crippen LogP contribution in [-0.4, -0.2) is 326 Å². The lowest BCUT2D eigenvalue weighted by Gasteiger charge is -2.36. The first-order chi connectivity index (χ1) is 66.7. The van der Waals surface area contributed by atoms with Gasteiger partial charge in [-0.2, -0.15) is 0 Å². The van der Waals surface area contributed by atoms with E-state index in [1.807, 2.05) is 13.8 Å². The Bertz CT molecular complexity index is 5440. The van der Waals surface area contributed by atoms with E-state index in [2.05, 4.69) is 68.5 Å². The second-order valence-corrected chi connectivity index (χ2v) is 36.9. The molecule has 3 saturated heterocycles. The topological polar surface area (TPSA) is 668 Å². The molecule has 140 heavy (non-hydrogen) atoms. The first kappa shape index (κ1) is 110. The molecule has 6 aromatic rings. The van der Waals surface area contributed by atoms with Gasteiger partial charge >= 0.3 is 0 Å². The van der Waals surface area contributed by atoms with Crippen LogP contribution in [0.25, 0.3) is 33.1 Å². The maximum atomic E-state index is 16.2. The number of nitrogens with two attached hydrogens (primary N) is 4. The molecule has 0 spiro atoms. The number of nitrogens with zero attached hydrogens (tertiary/aromatic N) is 5. The number of ether oxygens (including phenoxy) is 1. The normalized spacial score (nSPS) is 24.3. The van der Waals surface area contributed by atoms with E-state index in [4.69, 9.17) is 33.1 Å². The fourth-order valence-corrected chi connectivity index (χ4v) is 18.2. The smallest absolute Gasteiger partial charge is 0.246 e. The molecule has 0 radical (unpaired) electrons. The van der Waals surface area contributed by atoms with E-state index in [0.717, 1.165) is 36.3 Å². The summed E-state index contributed by atoms with van der Waals surface area (Å²) in [4.78, 5) is 263. The molecule has 4 aromatic carbocycles. The fraction of sp³-hybridized carbons (Fsp3) is 0.516. The first-order valence-electron chi connectivity index (χ1n) is 46.9. The second kappa shape index (κ2) is 52.2. The van der Waals surface area contributed by atoms with Gasteiger partial charge in [0, 0.05) is 118 Å². The quantitative estimate of drug-likeness (QED) is 0.0147. The molecular formula is C95H133N23O21S. The minimum atomic E-state index is -1.94. The number of phenolic OH excluding ortho intramolecular Hbond substituents is 1. The van der Waals surface area contributed by atoms with Gasteiger partial charge < -0.3 is 136 Å². The molecule has 9 rings (SSSR count).